The zero-order chi connectivity index (χ0) is 34.1. The molecule has 0 aromatic heterocycles. The van der Waals surface area contributed by atoms with Gasteiger partial charge in [0, 0.05) is 35.5 Å². The molecule has 0 unspecified atom stereocenters. The number of nitrogens with one attached hydrogen (secondary N) is 2. The summed E-state index contributed by atoms with van der Waals surface area (Å²) in [5, 5.41) is 6.06. The van der Waals surface area contributed by atoms with Crippen molar-refractivity contribution in [3.8, 4) is 0 Å². The maximum absolute atomic E-state index is 13.5. The van der Waals surface area contributed by atoms with E-state index in [4.69, 9.17) is 0 Å². The predicted molar refractivity (Wildman–Crippen MR) is 196 cm³/mol. The second-order valence-electron chi connectivity index (χ2n) is 15.2. The van der Waals surface area contributed by atoms with Crippen LogP contribution >= 0.6 is 0 Å². The molecule has 268 valence electrons. The Labute approximate surface area is 294 Å². The number of amides is 2. The Hall–Kier alpha value is -2.75. The lowest BCUT2D eigenvalue weighted by Crippen LogP contribution is -2.48. The fraction of sp³-hybridized carbons (Fsp3) is 0.650. The Bertz CT molecular complexity index is 1310. The van der Waals surface area contributed by atoms with Crippen LogP contribution in [-0.2, 0) is 19.4 Å². The van der Waals surface area contributed by atoms with E-state index < -0.39 is 9.84 Å². The van der Waals surface area contributed by atoms with Crippen molar-refractivity contribution in [2.24, 2.45) is 0 Å². The lowest BCUT2D eigenvalue weighted by atomic mass is 9.88. The Morgan fingerprint density at radius 2 is 0.735 bits per heavy atom. The molecule has 0 bridgehead atoms. The van der Waals surface area contributed by atoms with Crippen LogP contribution in [0.2, 0.25) is 0 Å². The number of nitrogens with zero attached hydrogens (tertiary/aromatic N) is 2. The molecule has 2 amide bonds. The highest BCUT2D eigenvalue weighted by atomic mass is 32.2. The first-order valence-electron chi connectivity index (χ1n) is 19.4. The van der Waals surface area contributed by atoms with Crippen LogP contribution in [0.3, 0.4) is 0 Å². The first-order chi connectivity index (χ1) is 23.9. The van der Waals surface area contributed by atoms with Crippen molar-refractivity contribution in [3.05, 3.63) is 48.5 Å². The summed E-state index contributed by atoms with van der Waals surface area (Å²) in [6.45, 7) is 0.773. The summed E-state index contributed by atoms with van der Waals surface area (Å²) in [4.78, 5) is 31.8. The molecule has 0 heterocycles. The van der Waals surface area contributed by atoms with Crippen LogP contribution in [0, 0.1) is 0 Å². The molecule has 0 spiro atoms. The van der Waals surface area contributed by atoms with E-state index in [0.717, 1.165) is 0 Å². The van der Waals surface area contributed by atoms with E-state index in [0.29, 0.717) is 48.6 Å². The lowest BCUT2D eigenvalue weighted by Gasteiger charge is -2.41. The molecule has 2 aromatic carbocycles. The van der Waals surface area contributed by atoms with Crippen LogP contribution in [-0.4, -0.2) is 67.3 Å². The molecule has 0 aliphatic heterocycles. The summed E-state index contributed by atoms with van der Waals surface area (Å²) >= 11 is 0. The van der Waals surface area contributed by atoms with Crippen LogP contribution in [0.4, 0.5) is 11.4 Å². The van der Waals surface area contributed by atoms with Gasteiger partial charge in [-0.3, -0.25) is 19.4 Å². The highest BCUT2D eigenvalue weighted by Gasteiger charge is 2.32. The second kappa shape index (κ2) is 17.5. The van der Waals surface area contributed by atoms with Crippen molar-refractivity contribution in [1.82, 2.24) is 9.80 Å². The smallest absolute Gasteiger partial charge is 0.238 e. The zero-order valence-electron chi connectivity index (χ0n) is 29.4. The Morgan fingerprint density at radius 1 is 0.469 bits per heavy atom. The molecule has 4 saturated carbocycles. The van der Waals surface area contributed by atoms with Gasteiger partial charge in [0.05, 0.1) is 22.9 Å². The van der Waals surface area contributed by atoms with Gasteiger partial charge in [-0.25, -0.2) is 8.42 Å². The summed E-state index contributed by atoms with van der Waals surface area (Å²) in [6.07, 6.45) is 24.4. The second-order valence-corrected chi connectivity index (χ2v) is 17.1. The number of carbonyl (C=O) groups is 2. The molecule has 2 N–H and O–H groups in total. The van der Waals surface area contributed by atoms with Gasteiger partial charge in [-0.05, 0) is 99.9 Å². The monoisotopic (exact) mass is 690 g/mol. The zero-order valence-corrected chi connectivity index (χ0v) is 30.2. The van der Waals surface area contributed by atoms with E-state index in [-0.39, 0.29) is 21.6 Å². The Kier molecular flexibility index (Phi) is 12.8. The quantitative estimate of drug-likeness (QED) is 0.232. The van der Waals surface area contributed by atoms with Gasteiger partial charge in [0.15, 0.2) is 0 Å². The van der Waals surface area contributed by atoms with Crippen molar-refractivity contribution in [3.63, 3.8) is 0 Å². The molecule has 49 heavy (non-hydrogen) atoms. The molecule has 9 heteroatoms. The van der Waals surface area contributed by atoms with E-state index in [1.165, 1.54) is 128 Å². The summed E-state index contributed by atoms with van der Waals surface area (Å²) < 4.78 is 27.0. The number of hydrogen-bond acceptors (Lipinski definition) is 6. The molecule has 2 aromatic rings. The molecule has 4 aliphatic rings. The average molecular weight is 691 g/mol. The molecule has 4 aliphatic carbocycles. The van der Waals surface area contributed by atoms with E-state index in [1.54, 1.807) is 48.5 Å². The van der Waals surface area contributed by atoms with Crippen molar-refractivity contribution in [1.29, 1.82) is 0 Å². The maximum Gasteiger partial charge on any atom is 0.238 e. The SMILES string of the molecule is O=C(CN(C1CCCCC1)C1CCCCC1)Nc1ccc(S(=O)(=O)c2ccc(NC(=O)CN(C3CCCCC3)C3CCCCC3)cc2)cc1. The van der Waals surface area contributed by atoms with Crippen molar-refractivity contribution < 1.29 is 18.0 Å². The number of rotatable bonds is 12. The van der Waals surface area contributed by atoms with Crippen LogP contribution in [0.25, 0.3) is 0 Å². The van der Waals surface area contributed by atoms with Gasteiger partial charge >= 0.3 is 0 Å². The van der Waals surface area contributed by atoms with Crippen LogP contribution < -0.4 is 10.6 Å². The van der Waals surface area contributed by atoms with E-state index in [9.17, 15) is 18.0 Å². The molecule has 4 fully saturated rings. The van der Waals surface area contributed by atoms with Gasteiger partial charge in [0.25, 0.3) is 0 Å². The summed E-state index contributed by atoms with van der Waals surface area (Å²) in [6, 6.07) is 14.9. The molecule has 0 saturated heterocycles. The van der Waals surface area contributed by atoms with E-state index >= 15 is 0 Å². The molecule has 6 rings (SSSR count). The molecule has 0 atom stereocenters. The Morgan fingerprint density at radius 3 is 1.00 bits per heavy atom. The van der Waals surface area contributed by atoms with Gasteiger partial charge in [-0.2, -0.15) is 0 Å². The predicted octanol–water partition coefficient (Wildman–Crippen LogP) is 8.33. The van der Waals surface area contributed by atoms with Gasteiger partial charge in [-0.1, -0.05) is 77.0 Å². The first-order valence-corrected chi connectivity index (χ1v) is 20.9. The third-order valence-corrected chi connectivity index (χ3v) is 13.5. The van der Waals surface area contributed by atoms with Crippen LogP contribution in [0.1, 0.15) is 128 Å². The van der Waals surface area contributed by atoms with Gasteiger partial charge in [0.2, 0.25) is 21.7 Å². The maximum atomic E-state index is 13.5. The Balaban J connectivity index is 1.04. The number of anilines is 2. The first kappa shape index (κ1) is 36.1. The van der Waals surface area contributed by atoms with Gasteiger partial charge in [-0.15, -0.1) is 0 Å². The summed E-state index contributed by atoms with van der Waals surface area (Å²) in [5.74, 6) is -0.0741. The number of benzene rings is 2. The average Bonchev–Trinajstić information content (AvgIpc) is 3.15. The third kappa shape index (κ3) is 9.73. The third-order valence-electron chi connectivity index (χ3n) is 11.7. The van der Waals surface area contributed by atoms with Gasteiger partial charge < -0.3 is 10.6 Å². The molecular formula is C40H58N4O4S. The standard InChI is InChI=1S/C40H58N4O4S/c45-39(29-43(33-13-5-1-6-14-33)34-15-7-2-8-16-34)41-31-21-25-37(26-22-31)49(47,48)38-27-23-32(24-28-38)42-40(46)30-44(35-17-9-3-10-18-35)36-19-11-4-12-20-36/h21-28,33-36H,1-20,29-30H2,(H,41,45)(H,42,46). The lowest BCUT2D eigenvalue weighted by molar-refractivity contribution is -0.119. The molecular weight excluding hydrogens is 633 g/mol. The largest absolute Gasteiger partial charge is 0.325 e. The highest BCUT2D eigenvalue weighted by Crippen LogP contribution is 2.32. The summed E-state index contributed by atoms with van der Waals surface area (Å²) in [5.41, 5.74) is 1.20. The normalized spacial score (nSPS) is 20.8. The van der Waals surface area contributed by atoms with Gasteiger partial charge in [0.1, 0.15) is 0 Å². The molecule has 8 nitrogen and oxygen atoms in total. The fourth-order valence-corrected chi connectivity index (χ4v) is 10.3. The van der Waals surface area contributed by atoms with Crippen LogP contribution in [0.5, 0.6) is 0 Å². The minimum Gasteiger partial charge on any atom is -0.325 e. The minimum atomic E-state index is -3.77. The van der Waals surface area contributed by atoms with Crippen molar-refractivity contribution in [2.45, 2.75) is 162 Å². The highest BCUT2D eigenvalue weighted by molar-refractivity contribution is 7.91. The molecule has 0 radical (unpaired) electrons. The van der Waals surface area contributed by atoms with E-state index in [2.05, 4.69) is 20.4 Å². The minimum absolute atomic E-state index is 0.0370. The summed E-state index contributed by atoms with van der Waals surface area (Å²) in [7, 11) is -3.77. The number of hydrogen-bond donors (Lipinski definition) is 2. The number of sulfone groups is 1. The van der Waals surface area contributed by atoms with E-state index in [1.807, 2.05) is 0 Å². The van der Waals surface area contributed by atoms with Crippen molar-refractivity contribution >= 4 is 33.0 Å². The topological polar surface area (TPSA) is 98.8 Å². The fourth-order valence-electron chi connectivity index (χ4n) is 9.07. The van der Waals surface area contributed by atoms with Crippen LogP contribution in [0.15, 0.2) is 58.3 Å². The van der Waals surface area contributed by atoms with Crippen molar-refractivity contribution in [2.75, 3.05) is 23.7 Å². The number of carbonyl (C=O) groups excluding carboxylic acids is 2.